The van der Waals surface area contributed by atoms with Crippen molar-refractivity contribution >= 4 is 32.9 Å². The predicted octanol–water partition coefficient (Wildman–Crippen LogP) is 2.63. The molecule has 0 aliphatic rings. The monoisotopic (exact) mass is 294 g/mol. The van der Waals surface area contributed by atoms with E-state index in [4.69, 9.17) is 0 Å². The number of halogens is 1. The molecule has 1 aromatic heterocycles. The Hall–Kier alpha value is -1.23. The minimum Gasteiger partial charge on any atom is -0.343 e. The van der Waals surface area contributed by atoms with Gasteiger partial charge in [-0.3, -0.25) is 0 Å². The third-order valence-electron chi connectivity index (χ3n) is 2.55. The first kappa shape index (κ1) is 12.2. The second-order valence-electron chi connectivity index (χ2n) is 4.09. The molecule has 0 fully saturated rings. The van der Waals surface area contributed by atoms with Crippen molar-refractivity contribution in [3.8, 4) is 0 Å². The lowest BCUT2D eigenvalue weighted by molar-refractivity contribution is 0.761. The predicted molar refractivity (Wildman–Crippen MR) is 73.6 cm³/mol. The standard InChI is InChI=1S/C12H15BrN4/c1-9(13)7-8-17(2)12-14-10-5-3-4-6-11(10)15-16-12/h3-6,9H,7-8H2,1-2H3. The number of nitrogens with zero attached hydrogens (tertiary/aromatic N) is 4. The zero-order valence-electron chi connectivity index (χ0n) is 9.97. The lowest BCUT2D eigenvalue weighted by atomic mass is 10.3. The molecule has 1 aromatic carbocycles. The van der Waals surface area contributed by atoms with E-state index in [0.29, 0.717) is 10.8 Å². The third kappa shape index (κ3) is 3.12. The van der Waals surface area contributed by atoms with Crippen LogP contribution in [0.4, 0.5) is 5.95 Å². The number of hydrogen-bond acceptors (Lipinski definition) is 4. The van der Waals surface area contributed by atoms with Crippen LogP contribution in [0, 0.1) is 0 Å². The number of benzene rings is 1. The molecule has 0 aliphatic heterocycles. The van der Waals surface area contributed by atoms with Gasteiger partial charge in [0.05, 0.1) is 5.52 Å². The summed E-state index contributed by atoms with van der Waals surface area (Å²) < 4.78 is 0. The fourth-order valence-corrected chi connectivity index (χ4v) is 1.71. The summed E-state index contributed by atoms with van der Waals surface area (Å²) in [6.45, 7) is 3.04. The summed E-state index contributed by atoms with van der Waals surface area (Å²) in [7, 11) is 1.99. The minimum atomic E-state index is 0.498. The van der Waals surface area contributed by atoms with Gasteiger partial charge in [0.25, 0.3) is 0 Å². The quantitative estimate of drug-likeness (QED) is 0.813. The summed E-state index contributed by atoms with van der Waals surface area (Å²) >= 11 is 3.53. The van der Waals surface area contributed by atoms with Gasteiger partial charge in [0, 0.05) is 18.4 Å². The Bertz CT molecular complexity index is 501. The van der Waals surface area contributed by atoms with Gasteiger partial charge >= 0.3 is 0 Å². The molecule has 1 atom stereocenters. The highest BCUT2D eigenvalue weighted by Gasteiger charge is 2.07. The molecule has 0 bridgehead atoms. The number of para-hydroxylation sites is 1. The van der Waals surface area contributed by atoms with Crippen molar-refractivity contribution in [3.05, 3.63) is 24.3 Å². The number of hydrogen-bond donors (Lipinski definition) is 0. The van der Waals surface area contributed by atoms with E-state index in [-0.39, 0.29) is 0 Å². The Labute approximate surface area is 109 Å². The van der Waals surface area contributed by atoms with Crippen LogP contribution in [0.1, 0.15) is 13.3 Å². The highest BCUT2D eigenvalue weighted by atomic mass is 79.9. The van der Waals surface area contributed by atoms with E-state index >= 15 is 0 Å². The van der Waals surface area contributed by atoms with E-state index in [2.05, 4.69) is 38.0 Å². The van der Waals surface area contributed by atoms with Gasteiger partial charge in [0.1, 0.15) is 5.52 Å². The molecule has 5 heteroatoms. The van der Waals surface area contributed by atoms with Crippen LogP contribution in [-0.4, -0.2) is 33.6 Å². The molecule has 90 valence electrons. The fourth-order valence-electron chi connectivity index (χ4n) is 1.51. The van der Waals surface area contributed by atoms with Crippen LogP contribution < -0.4 is 4.90 Å². The van der Waals surface area contributed by atoms with Crippen LogP contribution in [0.5, 0.6) is 0 Å². The van der Waals surface area contributed by atoms with E-state index in [1.165, 1.54) is 0 Å². The van der Waals surface area contributed by atoms with Gasteiger partial charge in [-0.2, -0.15) is 0 Å². The van der Waals surface area contributed by atoms with E-state index < -0.39 is 0 Å². The number of aromatic nitrogens is 3. The molecule has 17 heavy (non-hydrogen) atoms. The first-order chi connectivity index (χ1) is 8.16. The van der Waals surface area contributed by atoms with Crippen LogP contribution in [0.15, 0.2) is 24.3 Å². The molecule has 0 N–H and O–H groups in total. The molecule has 0 amide bonds. The van der Waals surface area contributed by atoms with Crippen molar-refractivity contribution in [2.24, 2.45) is 0 Å². The molecule has 1 heterocycles. The van der Waals surface area contributed by atoms with E-state index in [1.54, 1.807) is 0 Å². The lowest BCUT2D eigenvalue weighted by Crippen LogP contribution is -2.23. The maximum Gasteiger partial charge on any atom is 0.245 e. The first-order valence-electron chi connectivity index (χ1n) is 5.61. The van der Waals surface area contributed by atoms with E-state index in [0.717, 1.165) is 24.0 Å². The van der Waals surface area contributed by atoms with Crippen LogP contribution in [0.25, 0.3) is 11.0 Å². The molecule has 2 rings (SSSR count). The normalized spacial score (nSPS) is 12.6. The summed E-state index contributed by atoms with van der Waals surface area (Å²) in [6, 6.07) is 7.77. The van der Waals surface area contributed by atoms with E-state index in [9.17, 15) is 0 Å². The molecular formula is C12H15BrN4. The van der Waals surface area contributed by atoms with Crippen LogP contribution in [-0.2, 0) is 0 Å². The topological polar surface area (TPSA) is 41.9 Å². The first-order valence-corrected chi connectivity index (χ1v) is 6.53. The summed E-state index contributed by atoms with van der Waals surface area (Å²) in [4.78, 5) is 7.01. The van der Waals surface area contributed by atoms with Crippen LogP contribution in [0.2, 0.25) is 0 Å². The Kier molecular flexibility index (Phi) is 3.89. The molecule has 0 aliphatic carbocycles. The van der Waals surface area contributed by atoms with Crippen molar-refractivity contribution in [1.29, 1.82) is 0 Å². The van der Waals surface area contributed by atoms with Gasteiger partial charge in [-0.1, -0.05) is 35.0 Å². The Balaban J connectivity index is 2.18. The summed E-state index contributed by atoms with van der Waals surface area (Å²) in [5.74, 6) is 0.678. The molecule has 1 unspecified atom stereocenters. The number of rotatable bonds is 4. The summed E-state index contributed by atoms with van der Waals surface area (Å²) in [5, 5.41) is 8.30. The Morgan fingerprint density at radius 3 is 2.65 bits per heavy atom. The second-order valence-corrected chi connectivity index (χ2v) is 5.65. The molecule has 2 aromatic rings. The lowest BCUT2D eigenvalue weighted by Gasteiger charge is -2.17. The summed E-state index contributed by atoms with van der Waals surface area (Å²) in [5.41, 5.74) is 1.72. The molecule has 4 nitrogen and oxygen atoms in total. The van der Waals surface area contributed by atoms with Crippen molar-refractivity contribution in [1.82, 2.24) is 15.2 Å². The second kappa shape index (κ2) is 5.40. The van der Waals surface area contributed by atoms with Gasteiger partial charge in [-0.05, 0) is 18.6 Å². The highest BCUT2D eigenvalue weighted by molar-refractivity contribution is 9.09. The fraction of sp³-hybridized carbons (Fsp3) is 0.417. The van der Waals surface area contributed by atoms with Crippen molar-refractivity contribution in [2.45, 2.75) is 18.2 Å². The van der Waals surface area contributed by atoms with Crippen molar-refractivity contribution in [3.63, 3.8) is 0 Å². The average Bonchev–Trinajstić information content (AvgIpc) is 2.35. The maximum absolute atomic E-state index is 4.49. The largest absolute Gasteiger partial charge is 0.343 e. The molecule has 0 saturated heterocycles. The number of fused-ring (bicyclic) bond motifs is 1. The molecule has 0 radical (unpaired) electrons. The SMILES string of the molecule is CC(Br)CCN(C)c1nnc2ccccc2n1. The minimum absolute atomic E-state index is 0.498. The van der Waals surface area contributed by atoms with Gasteiger partial charge < -0.3 is 4.90 Å². The molecule has 0 spiro atoms. The number of anilines is 1. The van der Waals surface area contributed by atoms with Gasteiger partial charge in [-0.25, -0.2) is 4.98 Å². The van der Waals surface area contributed by atoms with E-state index in [1.807, 2.05) is 36.2 Å². The van der Waals surface area contributed by atoms with Crippen LogP contribution >= 0.6 is 15.9 Å². The smallest absolute Gasteiger partial charge is 0.245 e. The Morgan fingerprint density at radius 1 is 1.24 bits per heavy atom. The van der Waals surface area contributed by atoms with Crippen molar-refractivity contribution in [2.75, 3.05) is 18.5 Å². The maximum atomic E-state index is 4.49. The van der Waals surface area contributed by atoms with Crippen molar-refractivity contribution < 1.29 is 0 Å². The van der Waals surface area contributed by atoms with Gasteiger partial charge in [0.15, 0.2) is 0 Å². The summed E-state index contributed by atoms with van der Waals surface area (Å²) in [6.07, 6.45) is 1.05. The van der Waals surface area contributed by atoms with Gasteiger partial charge in [-0.15, -0.1) is 10.2 Å². The van der Waals surface area contributed by atoms with Crippen LogP contribution in [0.3, 0.4) is 0 Å². The molecular weight excluding hydrogens is 280 g/mol. The Morgan fingerprint density at radius 2 is 1.94 bits per heavy atom. The number of alkyl halides is 1. The zero-order valence-corrected chi connectivity index (χ0v) is 11.6. The zero-order chi connectivity index (χ0) is 12.3. The van der Waals surface area contributed by atoms with Gasteiger partial charge in [0.2, 0.25) is 5.95 Å². The third-order valence-corrected chi connectivity index (χ3v) is 3.01. The average molecular weight is 295 g/mol. The molecule has 0 saturated carbocycles. The highest BCUT2D eigenvalue weighted by Crippen LogP contribution is 2.12.